The molecule has 0 aliphatic heterocycles. The molecular weight excluding hydrogens is 388 g/mol. The first-order valence-corrected chi connectivity index (χ1v) is 8.33. The molecule has 2 aromatic heterocycles. The lowest BCUT2D eigenvalue weighted by Gasteiger charge is -2.07. The molecule has 128 valence electrons. The molecule has 0 radical (unpaired) electrons. The van der Waals surface area contributed by atoms with E-state index in [2.05, 4.69) is 26.6 Å². The molecule has 2 heterocycles. The number of rotatable bonds is 6. The third-order valence-electron chi connectivity index (χ3n) is 3.48. The van der Waals surface area contributed by atoms with Crippen LogP contribution in [0.2, 0.25) is 0 Å². The molecular formula is C18H15BrN2O4. The van der Waals surface area contributed by atoms with Gasteiger partial charge in [0.25, 0.3) is 11.8 Å². The van der Waals surface area contributed by atoms with Gasteiger partial charge in [0, 0.05) is 18.2 Å². The summed E-state index contributed by atoms with van der Waals surface area (Å²) < 4.78 is 10.7. The summed E-state index contributed by atoms with van der Waals surface area (Å²) in [5.41, 5.74) is 1.77. The Kier molecular flexibility index (Phi) is 5.35. The number of halogens is 1. The van der Waals surface area contributed by atoms with Crippen molar-refractivity contribution in [3.05, 3.63) is 82.1 Å². The van der Waals surface area contributed by atoms with Crippen LogP contribution in [0.1, 0.15) is 32.0 Å². The van der Waals surface area contributed by atoms with Gasteiger partial charge in [0.2, 0.25) is 0 Å². The van der Waals surface area contributed by atoms with Crippen LogP contribution in [0.25, 0.3) is 0 Å². The van der Waals surface area contributed by atoms with Crippen molar-refractivity contribution in [1.82, 2.24) is 10.6 Å². The highest BCUT2D eigenvalue weighted by molar-refractivity contribution is 9.10. The molecule has 0 spiro atoms. The topological polar surface area (TPSA) is 84.5 Å². The molecule has 6 nitrogen and oxygen atoms in total. The van der Waals surface area contributed by atoms with Crippen molar-refractivity contribution in [2.75, 3.05) is 0 Å². The first-order chi connectivity index (χ1) is 12.1. The predicted octanol–water partition coefficient (Wildman–Crippen LogP) is 3.50. The maximum atomic E-state index is 12.2. The number of nitrogens with one attached hydrogen (secondary N) is 2. The van der Waals surface area contributed by atoms with Gasteiger partial charge in [-0.2, -0.15) is 0 Å². The summed E-state index contributed by atoms with van der Waals surface area (Å²) in [7, 11) is 0. The van der Waals surface area contributed by atoms with E-state index >= 15 is 0 Å². The second-order valence-corrected chi connectivity index (χ2v) is 6.07. The highest BCUT2D eigenvalue weighted by atomic mass is 79.9. The molecule has 1 aromatic carbocycles. The zero-order chi connectivity index (χ0) is 17.6. The van der Waals surface area contributed by atoms with E-state index < -0.39 is 0 Å². The summed E-state index contributed by atoms with van der Waals surface area (Å²) in [5.74, 6) is 0.230. The van der Waals surface area contributed by atoms with Gasteiger partial charge in [-0.3, -0.25) is 9.59 Å². The number of hydrogen-bond donors (Lipinski definition) is 2. The molecule has 2 amide bonds. The second kappa shape index (κ2) is 7.85. The molecule has 0 unspecified atom stereocenters. The fourth-order valence-corrected chi connectivity index (χ4v) is 2.56. The van der Waals surface area contributed by atoms with Crippen LogP contribution in [-0.4, -0.2) is 11.8 Å². The second-order valence-electron chi connectivity index (χ2n) is 5.28. The average molecular weight is 403 g/mol. The zero-order valence-corrected chi connectivity index (χ0v) is 14.7. The molecule has 0 aliphatic rings. The van der Waals surface area contributed by atoms with Crippen molar-refractivity contribution in [2.45, 2.75) is 13.1 Å². The van der Waals surface area contributed by atoms with E-state index in [0.29, 0.717) is 34.6 Å². The van der Waals surface area contributed by atoms with Crippen LogP contribution in [0.15, 0.2) is 68.5 Å². The molecule has 0 aliphatic carbocycles. The molecule has 0 saturated carbocycles. The van der Waals surface area contributed by atoms with Crippen molar-refractivity contribution in [3.8, 4) is 0 Å². The first kappa shape index (κ1) is 17.0. The van der Waals surface area contributed by atoms with Crippen LogP contribution in [0.4, 0.5) is 0 Å². The summed E-state index contributed by atoms with van der Waals surface area (Å²) in [4.78, 5) is 24.2. The Morgan fingerprint density at radius 1 is 0.920 bits per heavy atom. The van der Waals surface area contributed by atoms with E-state index in [1.54, 1.807) is 42.7 Å². The quantitative estimate of drug-likeness (QED) is 0.660. The van der Waals surface area contributed by atoms with Crippen molar-refractivity contribution < 1.29 is 18.4 Å². The van der Waals surface area contributed by atoms with Crippen LogP contribution in [-0.2, 0) is 13.1 Å². The molecule has 2 N–H and O–H groups in total. The Morgan fingerprint density at radius 2 is 1.72 bits per heavy atom. The lowest BCUT2D eigenvalue weighted by Crippen LogP contribution is -2.24. The predicted molar refractivity (Wildman–Crippen MR) is 93.9 cm³/mol. The Morgan fingerprint density at radius 3 is 2.44 bits per heavy atom. The molecule has 0 bridgehead atoms. The number of carbonyl (C=O) groups is 2. The fraction of sp³-hybridized carbons (Fsp3) is 0.111. The van der Waals surface area contributed by atoms with E-state index in [0.717, 1.165) is 5.56 Å². The van der Waals surface area contributed by atoms with Crippen molar-refractivity contribution in [3.63, 3.8) is 0 Å². The maximum Gasteiger partial charge on any atom is 0.254 e. The minimum Gasteiger partial charge on any atom is -0.467 e. The Bertz CT molecular complexity index is 871. The number of benzene rings is 1. The van der Waals surface area contributed by atoms with Crippen molar-refractivity contribution in [1.29, 1.82) is 0 Å². The molecule has 3 aromatic rings. The molecule has 0 fully saturated rings. The van der Waals surface area contributed by atoms with Gasteiger partial charge in [-0.25, -0.2) is 0 Å². The van der Waals surface area contributed by atoms with Crippen LogP contribution in [0.3, 0.4) is 0 Å². The number of carbonyl (C=O) groups excluding carboxylic acids is 2. The van der Waals surface area contributed by atoms with Gasteiger partial charge in [-0.1, -0.05) is 12.1 Å². The highest BCUT2D eigenvalue weighted by Gasteiger charge is 2.10. The van der Waals surface area contributed by atoms with E-state index in [4.69, 9.17) is 8.83 Å². The third-order valence-corrected chi connectivity index (χ3v) is 3.89. The van der Waals surface area contributed by atoms with E-state index in [-0.39, 0.29) is 11.8 Å². The Balaban J connectivity index is 1.57. The third kappa shape index (κ3) is 4.60. The lowest BCUT2D eigenvalue weighted by molar-refractivity contribution is 0.0943. The highest BCUT2D eigenvalue weighted by Crippen LogP contribution is 2.14. The SMILES string of the molecule is O=C(NCc1cccc(C(=O)NCc2ccco2)c1)c1coc(Br)c1. The van der Waals surface area contributed by atoms with Gasteiger partial charge >= 0.3 is 0 Å². The summed E-state index contributed by atoms with van der Waals surface area (Å²) in [6.07, 6.45) is 2.93. The largest absolute Gasteiger partial charge is 0.467 e. The Hall–Kier alpha value is -2.80. The molecule has 0 saturated heterocycles. The molecule has 0 atom stereocenters. The van der Waals surface area contributed by atoms with Crippen molar-refractivity contribution in [2.24, 2.45) is 0 Å². The smallest absolute Gasteiger partial charge is 0.254 e. The summed E-state index contributed by atoms with van der Waals surface area (Å²) >= 11 is 3.15. The number of hydrogen-bond acceptors (Lipinski definition) is 4. The minimum absolute atomic E-state index is 0.205. The lowest BCUT2D eigenvalue weighted by atomic mass is 10.1. The van der Waals surface area contributed by atoms with Gasteiger partial charge in [0.05, 0.1) is 18.4 Å². The zero-order valence-electron chi connectivity index (χ0n) is 13.1. The van der Waals surface area contributed by atoms with Crippen molar-refractivity contribution >= 4 is 27.7 Å². The summed E-state index contributed by atoms with van der Waals surface area (Å²) in [5, 5.41) is 5.57. The molecule has 3 rings (SSSR count). The maximum absolute atomic E-state index is 12.2. The van der Waals surface area contributed by atoms with Crippen LogP contribution >= 0.6 is 15.9 Å². The first-order valence-electron chi connectivity index (χ1n) is 7.53. The van der Waals surface area contributed by atoms with Gasteiger partial charge in [-0.05, 0) is 45.8 Å². The van der Waals surface area contributed by atoms with Crippen LogP contribution < -0.4 is 10.6 Å². The van der Waals surface area contributed by atoms with E-state index in [1.807, 2.05) is 6.07 Å². The van der Waals surface area contributed by atoms with Gasteiger partial charge in [-0.15, -0.1) is 0 Å². The van der Waals surface area contributed by atoms with Gasteiger partial charge in [0.1, 0.15) is 12.0 Å². The Labute approximate surface area is 152 Å². The minimum atomic E-state index is -0.248. The van der Waals surface area contributed by atoms with Gasteiger partial charge in [0.15, 0.2) is 4.67 Å². The molecule has 25 heavy (non-hydrogen) atoms. The van der Waals surface area contributed by atoms with Crippen LogP contribution in [0, 0.1) is 0 Å². The number of amides is 2. The monoisotopic (exact) mass is 402 g/mol. The normalized spacial score (nSPS) is 10.4. The van der Waals surface area contributed by atoms with Crippen LogP contribution in [0.5, 0.6) is 0 Å². The van der Waals surface area contributed by atoms with E-state index in [1.165, 1.54) is 6.26 Å². The summed E-state index contributed by atoms with van der Waals surface area (Å²) in [6.45, 7) is 0.628. The average Bonchev–Trinajstić information content (AvgIpc) is 3.29. The summed E-state index contributed by atoms with van der Waals surface area (Å²) in [6, 6.07) is 12.2. The standard InChI is InChI=1S/C18H15BrN2O4/c19-16-8-14(11-25-16)18(23)20-9-12-3-1-4-13(7-12)17(22)21-10-15-5-2-6-24-15/h1-8,11H,9-10H2,(H,20,23)(H,21,22). The molecule has 7 heteroatoms. The van der Waals surface area contributed by atoms with Gasteiger partial charge < -0.3 is 19.5 Å². The fourth-order valence-electron chi connectivity index (χ4n) is 2.22. The number of furan rings is 2. The van der Waals surface area contributed by atoms with E-state index in [9.17, 15) is 9.59 Å².